The van der Waals surface area contributed by atoms with Gasteiger partial charge in [-0.1, -0.05) is 20.8 Å². The Morgan fingerprint density at radius 1 is 1.13 bits per heavy atom. The highest BCUT2D eigenvalue weighted by Gasteiger charge is 2.25. The summed E-state index contributed by atoms with van der Waals surface area (Å²) in [6, 6.07) is 2.44. The maximum Gasteiger partial charge on any atom is 0.207 e. The lowest BCUT2D eigenvalue weighted by molar-refractivity contribution is -0.110. The number of hydrogen-bond acceptors (Lipinski definition) is 6. The fourth-order valence-corrected chi connectivity index (χ4v) is 4.50. The number of carbonyl (C=O) groups is 1. The predicted octanol–water partition coefficient (Wildman–Crippen LogP) is 2.13. The average Bonchev–Trinajstić information content (AvgIpc) is 2.73. The number of anilines is 1. The van der Waals surface area contributed by atoms with Crippen molar-refractivity contribution in [3.8, 4) is 0 Å². The third-order valence-electron chi connectivity index (χ3n) is 6.50. The van der Waals surface area contributed by atoms with Crippen LogP contribution in [0.1, 0.15) is 64.4 Å². The Morgan fingerprint density at radius 2 is 1.83 bits per heavy atom. The van der Waals surface area contributed by atoms with Crippen molar-refractivity contribution in [1.29, 1.82) is 0 Å². The van der Waals surface area contributed by atoms with Crippen LogP contribution in [-0.2, 0) is 16.6 Å². The van der Waals surface area contributed by atoms with Gasteiger partial charge in [0.1, 0.15) is 11.6 Å². The van der Waals surface area contributed by atoms with E-state index in [-0.39, 0.29) is 12.0 Å². The smallest absolute Gasteiger partial charge is 0.207 e. The molecule has 0 unspecified atom stereocenters. The summed E-state index contributed by atoms with van der Waals surface area (Å²) in [6.45, 7) is 11.8. The number of amides is 1. The van der Waals surface area contributed by atoms with Crippen LogP contribution in [0.5, 0.6) is 0 Å². The number of aromatic nitrogens is 2. The second-order valence-electron chi connectivity index (χ2n) is 9.88. The summed E-state index contributed by atoms with van der Waals surface area (Å²) in [6.07, 6.45) is 7.39. The lowest BCUT2D eigenvalue weighted by Crippen LogP contribution is -2.47. The van der Waals surface area contributed by atoms with Gasteiger partial charge in [-0.25, -0.2) is 9.97 Å². The number of hydrogen-bond donors (Lipinski definition) is 2. The van der Waals surface area contributed by atoms with Crippen LogP contribution in [0.3, 0.4) is 0 Å². The van der Waals surface area contributed by atoms with E-state index in [1.807, 2.05) is 6.07 Å². The fourth-order valence-electron chi connectivity index (χ4n) is 4.50. The van der Waals surface area contributed by atoms with Gasteiger partial charge in [0, 0.05) is 62.4 Å². The number of nitrogens with zero attached hydrogens (tertiary/aromatic N) is 4. The van der Waals surface area contributed by atoms with E-state index < -0.39 is 0 Å². The first-order valence-corrected chi connectivity index (χ1v) is 11.6. The van der Waals surface area contributed by atoms with Crippen molar-refractivity contribution in [3.05, 3.63) is 17.6 Å². The molecule has 30 heavy (non-hydrogen) atoms. The standard InChI is InChI=1S/C23H39N5O2/c1-23(2,3)22-25-20(9-15-29)16-21(26-22)28-13-11-27(12-14-28)10-8-18-4-6-19(7-5-18)24-17-30/h16-19,29H,4-15H2,1-3H3,(H,24,30)/t18-,19-. The Labute approximate surface area is 181 Å². The zero-order valence-corrected chi connectivity index (χ0v) is 18.9. The molecule has 0 bridgehead atoms. The van der Waals surface area contributed by atoms with Crippen LogP contribution in [0.2, 0.25) is 0 Å². The number of nitrogens with one attached hydrogen (secondary N) is 1. The fraction of sp³-hybridized carbons (Fsp3) is 0.783. The molecule has 1 aromatic rings. The van der Waals surface area contributed by atoms with Crippen molar-refractivity contribution >= 4 is 12.2 Å². The molecule has 2 fully saturated rings. The first-order valence-electron chi connectivity index (χ1n) is 11.6. The Kier molecular flexibility index (Phi) is 8.06. The van der Waals surface area contributed by atoms with Gasteiger partial charge in [-0.05, 0) is 44.6 Å². The molecule has 3 rings (SSSR count). The summed E-state index contributed by atoms with van der Waals surface area (Å²) in [5, 5.41) is 12.3. The molecule has 1 aliphatic carbocycles. The van der Waals surface area contributed by atoms with E-state index in [9.17, 15) is 9.90 Å². The SMILES string of the molecule is CC(C)(C)c1nc(CCO)cc(N2CCN(CC[C@H]3CC[C@H](NC=O)CC3)CC2)n1. The first-order chi connectivity index (χ1) is 14.4. The summed E-state index contributed by atoms with van der Waals surface area (Å²) in [5.41, 5.74) is 0.817. The minimum absolute atomic E-state index is 0.109. The van der Waals surface area contributed by atoms with E-state index in [1.165, 1.54) is 19.3 Å². The molecule has 7 nitrogen and oxygen atoms in total. The molecule has 1 saturated carbocycles. The maximum atomic E-state index is 10.6. The Morgan fingerprint density at radius 3 is 2.43 bits per heavy atom. The average molecular weight is 418 g/mol. The topological polar surface area (TPSA) is 81.6 Å². The van der Waals surface area contributed by atoms with Crippen molar-refractivity contribution in [2.75, 3.05) is 44.2 Å². The summed E-state index contributed by atoms with van der Waals surface area (Å²) in [5.74, 6) is 2.65. The maximum absolute atomic E-state index is 10.6. The van der Waals surface area contributed by atoms with Gasteiger partial charge in [0.05, 0.1) is 0 Å². The molecule has 0 radical (unpaired) electrons. The molecule has 2 N–H and O–H groups in total. The molecule has 1 amide bonds. The molecule has 1 aromatic heterocycles. The van der Waals surface area contributed by atoms with Crippen molar-refractivity contribution in [2.24, 2.45) is 5.92 Å². The van der Waals surface area contributed by atoms with Gasteiger partial charge in [0.15, 0.2) is 0 Å². The quantitative estimate of drug-likeness (QED) is 0.631. The van der Waals surface area contributed by atoms with Gasteiger partial charge in [-0.2, -0.15) is 0 Å². The predicted molar refractivity (Wildman–Crippen MR) is 120 cm³/mol. The van der Waals surface area contributed by atoms with E-state index in [0.717, 1.165) is 75.2 Å². The Hall–Kier alpha value is -1.73. The van der Waals surface area contributed by atoms with Crippen LogP contribution < -0.4 is 10.2 Å². The van der Waals surface area contributed by atoms with Crippen molar-refractivity contribution in [1.82, 2.24) is 20.2 Å². The minimum atomic E-state index is -0.109. The third-order valence-corrected chi connectivity index (χ3v) is 6.50. The molecule has 0 spiro atoms. The lowest BCUT2D eigenvalue weighted by Gasteiger charge is -2.37. The molecule has 1 aliphatic heterocycles. The van der Waals surface area contributed by atoms with Gasteiger partial charge in [0.25, 0.3) is 0 Å². The summed E-state index contributed by atoms with van der Waals surface area (Å²) in [4.78, 5) is 25.1. The first kappa shape index (κ1) is 22.9. The lowest BCUT2D eigenvalue weighted by atomic mass is 9.84. The Bertz CT molecular complexity index is 675. The van der Waals surface area contributed by atoms with Gasteiger partial charge < -0.3 is 15.3 Å². The van der Waals surface area contributed by atoms with Crippen molar-refractivity contribution in [2.45, 2.75) is 70.8 Å². The largest absolute Gasteiger partial charge is 0.396 e. The van der Waals surface area contributed by atoms with Crippen LogP contribution in [0.4, 0.5) is 5.82 Å². The zero-order valence-electron chi connectivity index (χ0n) is 18.9. The van der Waals surface area contributed by atoms with Crippen LogP contribution >= 0.6 is 0 Å². The second kappa shape index (κ2) is 10.5. The second-order valence-corrected chi connectivity index (χ2v) is 9.88. The number of aliphatic hydroxyl groups is 1. The van der Waals surface area contributed by atoms with E-state index >= 15 is 0 Å². The number of carbonyl (C=O) groups excluding carboxylic acids is 1. The molecule has 1 saturated heterocycles. The van der Waals surface area contributed by atoms with E-state index in [2.05, 4.69) is 40.9 Å². The van der Waals surface area contributed by atoms with Gasteiger partial charge in [-0.3, -0.25) is 9.69 Å². The normalized spacial score (nSPS) is 23.4. The van der Waals surface area contributed by atoms with E-state index in [4.69, 9.17) is 4.98 Å². The molecular weight excluding hydrogens is 378 g/mol. The molecule has 2 aliphatic rings. The van der Waals surface area contributed by atoms with Crippen LogP contribution in [0.25, 0.3) is 0 Å². The van der Waals surface area contributed by atoms with Gasteiger partial charge in [0.2, 0.25) is 6.41 Å². The number of piperazine rings is 1. The molecule has 0 atom stereocenters. The van der Waals surface area contributed by atoms with E-state index in [1.54, 1.807) is 0 Å². The van der Waals surface area contributed by atoms with Gasteiger partial charge in [-0.15, -0.1) is 0 Å². The molecule has 2 heterocycles. The highest BCUT2D eigenvalue weighted by atomic mass is 16.3. The van der Waals surface area contributed by atoms with Crippen LogP contribution in [-0.4, -0.2) is 71.8 Å². The Balaban J connectivity index is 1.49. The minimum Gasteiger partial charge on any atom is -0.396 e. The monoisotopic (exact) mass is 417 g/mol. The zero-order chi connectivity index (χ0) is 21.6. The van der Waals surface area contributed by atoms with Gasteiger partial charge >= 0.3 is 0 Å². The molecular formula is C23H39N5O2. The highest BCUT2D eigenvalue weighted by Crippen LogP contribution is 2.27. The van der Waals surface area contributed by atoms with E-state index in [0.29, 0.717) is 12.5 Å². The molecule has 168 valence electrons. The molecule has 7 heteroatoms. The summed E-state index contributed by atoms with van der Waals surface area (Å²) in [7, 11) is 0. The van der Waals surface area contributed by atoms with Crippen LogP contribution in [0, 0.1) is 5.92 Å². The summed E-state index contributed by atoms with van der Waals surface area (Å²) < 4.78 is 0. The number of rotatable bonds is 8. The third kappa shape index (κ3) is 6.38. The van der Waals surface area contributed by atoms with Crippen molar-refractivity contribution in [3.63, 3.8) is 0 Å². The highest BCUT2D eigenvalue weighted by molar-refractivity contribution is 5.46. The van der Waals surface area contributed by atoms with Crippen molar-refractivity contribution < 1.29 is 9.90 Å². The van der Waals surface area contributed by atoms with Crippen LogP contribution in [0.15, 0.2) is 6.07 Å². The summed E-state index contributed by atoms with van der Waals surface area (Å²) >= 11 is 0. The number of aliphatic hydroxyl groups excluding tert-OH is 1. The molecule has 0 aromatic carbocycles.